The van der Waals surface area contributed by atoms with Crippen LogP contribution in [-0.2, 0) is 35.5 Å². The van der Waals surface area contributed by atoms with E-state index in [-0.39, 0.29) is 31.3 Å². The van der Waals surface area contributed by atoms with Crippen LogP contribution in [0.1, 0.15) is 18.9 Å². The van der Waals surface area contributed by atoms with Crippen LogP contribution in [0.5, 0.6) is 0 Å². The Morgan fingerprint density at radius 3 is 2.71 bits per heavy atom. The Labute approximate surface area is 141 Å². The Morgan fingerprint density at radius 1 is 1.38 bits per heavy atom. The predicted molar refractivity (Wildman–Crippen MR) is 82.6 cm³/mol. The van der Waals surface area contributed by atoms with Gasteiger partial charge in [-0.15, -0.1) is 0 Å². The fourth-order valence-electron chi connectivity index (χ4n) is 2.47. The zero-order valence-corrected chi connectivity index (χ0v) is 14.0. The summed E-state index contributed by atoms with van der Waals surface area (Å²) in [4.78, 5) is 11.3. The van der Waals surface area contributed by atoms with Gasteiger partial charge in [-0.2, -0.15) is 0 Å². The van der Waals surface area contributed by atoms with Crippen molar-refractivity contribution >= 4 is 16.3 Å². The molecule has 0 bridgehead atoms. The van der Waals surface area contributed by atoms with Crippen LogP contribution in [0, 0.1) is 0 Å². The molecule has 1 amide bonds. The van der Waals surface area contributed by atoms with E-state index in [0.717, 1.165) is 5.56 Å². The Hall–Kier alpha value is -1.52. The zero-order valence-electron chi connectivity index (χ0n) is 13.2. The highest BCUT2D eigenvalue weighted by Gasteiger charge is 2.33. The summed E-state index contributed by atoms with van der Waals surface area (Å²) < 4.78 is 47.2. The molecule has 1 aliphatic rings. The summed E-state index contributed by atoms with van der Waals surface area (Å²) in [6.07, 6.45) is -0.682. The minimum absolute atomic E-state index is 0.145. The van der Waals surface area contributed by atoms with Gasteiger partial charge in [-0.3, -0.25) is 8.98 Å². The molecular weight excluding hydrogens is 338 g/mol. The molecule has 134 valence electrons. The van der Waals surface area contributed by atoms with E-state index in [4.69, 9.17) is 9.47 Å². The highest BCUT2D eigenvalue weighted by Crippen LogP contribution is 2.20. The number of rotatable bonds is 7. The first-order valence-electron chi connectivity index (χ1n) is 7.48. The molecule has 3 atom stereocenters. The Kier molecular flexibility index (Phi) is 6.69. The molecule has 1 heterocycles. The lowest BCUT2D eigenvalue weighted by Crippen LogP contribution is -2.53. The molecule has 1 aromatic carbocycles. The fraction of sp³-hybridized carbons (Fsp3) is 0.533. The van der Waals surface area contributed by atoms with Crippen molar-refractivity contribution in [3.8, 4) is 0 Å². The van der Waals surface area contributed by atoms with Crippen LogP contribution < -0.4 is 5.32 Å². The van der Waals surface area contributed by atoms with Crippen LogP contribution in [0.25, 0.3) is 0 Å². The van der Waals surface area contributed by atoms with Crippen molar-refractivity contribution in [2.24, 2.45) is 0 Å². The van der Waals surface area contributed by atoms with Crippen molar-refractivity contribution in [1.29, 1.82) is 0 Å². The summed E-state index contributed by atoms with van der Waals surface area (Å²) in [5, 5.41) is 2.75. The number of nitrogens with one attached hydrogen (secondary N) is 1. The fourth-order valence-corrected chi connectivity index (χ4v) is 2.79. The third-order valence-electron chi connectivity index (χ3n) is 3.55. The molecular formula is C15H20NO7S-. The molecule has 0 aromatic heterocycles. The molecule has 0 spiro atoms. The van der Waals surface area contributed by atoms with Gasteiger partial charge in [0.25, 0.3) is 0 Å². The maximum absolute atomic E-state index is 11.3. The van der Waals surface area contributed by atoms with Gasteiger partial charge < -0.3 is 19.3 Å². The van der Waals surface area contributed by atoms with Crippen LogP contribution in [0.3, 0.4) is 0 Å². The molecule has 9 heteroatoms. The van der Waals surface area contributed by atoms with Gasteiger partial charge in [0.15, 0.2) is 0 Å². The number of ether oxygens (including phenoxy) is 2. The van der Waals surface area contributed by atoms with Crippen molar-refractivity contribution in [3.05, 3.63) is 35.9 Å². The van der Waals surface area contributed by atoms with E-state index in [1.165, 1.54) is 6.92 Å². The monoisotopic (exact) mass is 358 g/mol. The molecule has 2 unspecified atom stereocenters. The smallest absolute Gasteiger partial charge is 0.217 e. The second kappa shape index (κ2) is 8.54. The van der Waals surface area contributed by atoms with E-state index < -0.39 is 16.5 Å². The number of benzene rings is 1. The first kappa shape index (κ1) is 18.8. The molecule has 0 radical (unpaired) electrons. The van der Waals surface area contributed by atoms with Crippen LogP contribution in [0.2, 0.25) is 0 Å². The second-order valence-corrected chi connectivity index (χ2v) is 6.58. The Balaban J connectivity index is 1.95. The van der Waals surface area contributed by atoms with E-state index in [9.17, 15) is 17.8 Å². The lowest BCUT2D eigenvalue weighted by atomic mass is 10.0. The average Bonchev–Trinajstić information content (AvgIpc) is 2.52. The van der Waals surface area contributed by atoms with Crippen LogP contribution >= 0.6 is 0 Å². The summed E-state index contributed by atoms with van der Waals surface area (Å²) in [6.45, 7) is 1.51. The van der Waals surface area contributed by atoms with Crippen LogP contribution in [-0.4, -0.2) is 50.3 Å². The summed E-state index contributed by atoms with van der Waals surface area (Å²) >= 11 is 0. The number of carbonyl (C=O) groups excluding carboxylic acids is 1. The van der Waals surface area contributed by atoms with E-state index in [0.29, 0.717) is 13.0 Å². The first-order chi connectivity index (χ1) is 11.3. The standard InChI is InChI=1S/C15H21NO7S/c1-11(17)16-14-10-21-13(9-23-24(18,19)20)7-15(14)22-8-12-5-3-2-4-6-12/h2-6,13-15H,7-10H2,1H3,(H,16,17)(H,18,19,20)/p-1/t13?,14?,15-/m1/s1. The number of carbonyl (C=O) groups is 1. The van der Waals surface area contributed by atoms with Crippen molar-refractivity contribution in [2.45, 2.75) is 38.2 Å². The molecule has 8 nitrogen and oxygen atoms in total. The molecule has 1 aliphatic heterocycles. The van der Waals surface area contributed by atoms with E-state index >= 15 is 0 Å². The molecule has 1 N–H and O–H groups in total. The molecule has 1 fully saturated rings. The summed E-state index contributed by atoms with van der Waals surface area (Å²) in [6, 6.07) is 9.16. The number of hydrogen-bond acceptors (Lipinski definition) is 7. The second-order valence-electron chi connectivity index (χ2n) is 5.53. The van der Waals surface area contributed by atoms with E-state index in [1.54, 1.807) is 0 Å². The molecule has 0 aliphatic carbocycles. The van der Waals surface area contributed by atoms with Gasteiger partial charge in [0.05, 0.1) is 38.1 Å². The number of hydrogen-bond donors (Lipinski definition) is 1. The zero-order chi connectivity index (χ0) is 17.6. The van der Waals surface area contributed by atoms with Crippen LogP contribution in [0.4, 0.5) is 0 Å². The predicted octanol–water partition coefficient (Wildman–Crippen LogP) is 0.342. The SMILES string of the molecule is CC(=O)NC1COC(COS(=O)(=O)[O-])C[C@H]1OCc1ccccc1. The van der Waals surface area contributed by atoms with Crippen molar-refractivity contribution in [1.82, 2.24) is 5.32 Å². The van der Waals surface area contributed by atoms with Gasteiger partial charge in [0.1, 0.15) is 0 Å². The quantitative estimate of drug-likeness (QED) is 0.552. The molecule has 24 heavy (non-hydrogen) atoms. The van der Waals surface area contributed by atoms with E-state index in [1.807, 2.05) is 30.3 Å². The van der Waals surface area contributed by atoms with Gasteiger partial charge in [-0.1, -0.05) is 30.3 Å². The van der Waals surface area contributed by atoms with Gasteiger partial charge in [-0.25, -0.2) is 8.42 Å². The lowest BCUT2D eigenvalue weighted by Gasteiger charge is -2.36. The topological polar surface area (TPSA) is 114 Å². The third-order valence-corrected chi connectivity index (χ3v) is 3.97. The first-order valence-corrected chi connectivity index (χ1v) is 8.81. The van der Waals surface area contributed by atoms with Crippen LogP contribution in [0.15, 0.2) is 30.3 Å². The van der Waals surface area contributed by atoms with Crippen molar-refractivity contribution < 1.29 is 31.4 Å². The lowest BCUT2D eigenvalue weighted by molar-refractivity contribution is -0.131. The maximum Gasteiger partial charge on any atom is 0.217 e. The normalized spacial score (nSPS) is 24.5. The summed E-state index contributed by atoms with van der Waals surface area (Å²) in [5.74, 6) is -0.214. The largest absolute Gasteiger partial charge is 0.726 e. The maximum atomic E-state index is 11.3. The van der Waals surface area contributed by atoms with Gasteiger partial charge in [0, 0.05) is 13.3 Å². The summed E-state index contributed by atoms with van der Waals surface area (Å²) in [7, 11) is -4.77. The summed E-state index contributed by atoms with van der Waals surface area (Å²) in [5.41, 5.74) is 0.973. The minimum Gasteiger partial charge on any atom is -0.726 e. The van der Waals surface area contributed by atoms with Crippen molar-refractivity contribution in [3.63, 3.8) is 0 Å². The van der Waals surface area contributed by atoms with Gasteiger partial charge >= 0.3 is 0 Å². The highest BCUT2D eigenvalue weighted by molar-refractivity contribution is 7.80. The molecule has 1 aromatic rings. The molecule has 1 saturated heterocycles. The molecule has 2 rings (SSSR count). The highest BCUT2D eigenvalue weighted by atomic mass is 32.3. The molecule has 0 saturated carbocycles. The average molecular weight is 358 g/mol. The van der Waals surface area contributed by atoms with E-state index in [2.05, 4.69) is 9.50 Å². The van der Waals surface area contributed by atoms with Crippen molar-refractivity contribution in [2.75, 3.05) is 13.2 Å². The van der Waals surface area contributed by atoms with Gasteiger partial charge in [-0.05, 0) is 5.56 Å². The van der Waals surface area contributed by atoms with Gasteiger partial charge in [0.2, 0.25) is 16.3 Å². The third kappa shape index (κ3) is 6.54. The number of amides is 1. The Morgan fingerprint density at radius 2 is 2.08 bits per heavy atom. The minimum atomic E-state index is -4.77. The Bertz CT molecular complexity index is 634.